The zero-order valence-electron chi connectivity index (χ0n) is 8.93. The summed E-state index contributed by atoms with van der Waals surface area (Å²) in [4.78, 5) is 1.48. The van der Waals surface area contributed by atoms with Crippen LogP contribution in [-0.4, -0.2) is 6.26 Å². The molecule has 0 fully saturated rings. The number of thiol groups is 1. The lowest BCUT2D eigenvalue weighted by Crippen LogP contribution is -1.87. The summed E-state index contributed by atoms with van der Waals surface area (Å²) in [6, 6.07) is 21.5. The zero-order valence-corrected chi connectivity index (χ0v) is 9.82. The van der Waals surface area contributed by atoms with E-state index in [2.05, 4.69) is 66.9 Å². The van der Waals surface area contributed by atoms with Crippen LogP contribution in [-0.2, 0) is 5.75 Å². The maximum atomic E-state index is 2.34. The van der Waals surface area contributed by atoms with Gasteiger partial charge in [0, 0.05) is 5.75 Å². The van der Waals surface area contributed by atoms with Gasteiger partial charge < -0.3 is 0 Å². The van der Waals surface area contributed by atoms with Crippen molar-refractivity contribution in [2.45, 2.75) is 10.6 Å². The molecule has 1 unspecified atom stereocenters. The first-order valence-corrected chi connectivity index (χ1v) is 7.14. The lowest BCUT2D eigenvalue weighted by atomic mass is 10.2. The van der Waals surface area contributed by atoms with Crippen LogP contribution in [0.15, 0.2) is 65.6 Å². The van der Waals surface area contributed by atoms with Crippen LogP contribution in [0.1, 0.15) is 5.56 Å². The quantitative estimate of drug-likeness (QED) is 0.740. The van der Waals surface area contributed by atoms with Crippen LogP contribution in [0.3, 0.4) is 0 Å². The fourth-order valence-corrected chi connectivity index (χ4v) is 3.25. The molecule has 0 bridgehead atoms. The Labute approximate surface area is 94.3 Å². The molecule has 0 spiro atoms. The smallest absolute Gasteiger partial charge is 0.00358 e. The minimum Gasteiger partial charge on any atom is -0.226 e. The molecule has 2 rings (SSSR count). The first-order chi connectivity index (χ1) is 7.36. The lowest BCUT2D eigenvalue weighted by molar-refractivity contribution is 1.36. The summed E-state index contributed by atoms with van der Waals surface area (Å²) in [5, 5.41) is 0. The van der Waals surface area contributed by atoms with Gasteiger partial charge in [0.2, 0.25) is 0 Å². The third kappa shape index (κ3) is 2.87. The standard InChI is InChI=1S/C14H16S/c1-15(14-10-6-3-7-11-14)12-13-8-4-2-5-9-13/h2-11,15H,12H2,1H3. The second kappa shape index (κ2) is 5.04. The van der Waals surface area contributed by atoms with Gasteiger partial charge in [-0.3, -0.25) is 0 Å². The molecule has 0 N–H and O–H groups in total. The highest BCUT2D eigenvalue weighted by Gasteiger charge is 2.00. The Hall–Kier alpha value is -1.21. The Morgan fingerprint density at radius 3 is 1.93 bits per heavy atom. The fourth-order valence-electron chi connectivity index (χ4n) is 1.63. The SMILES string of the molecule is C[SH](Cc1ccccc1)c1ccccc1. The summed E-state index contributed by atoms with van der Waals surface area (Å²) in [5.74, 6) is 1.18. The lowest BCUT2D eigenvalue weighted by Gasteiger charge is -2.16. The number of benzene rings is 2. The molecule has 78 valence electrons. The summed E-state index contributed by atoms with van der Waals surface area (Å²) < 4.78 is 0. The fraction of sp³-hybridized carbons (Fsp3) is 0.143. The summed E-state index contributed by atoms with van der Waals surface area (Å²) in [6.07, 6.45) is 2.34. The van der Waals surface area contributed by atoms with E-state index in [1.54, 1.807) is 0 Å². The van der Waals surface area contributed by atoms with Gasteiger partial charge in [0.15, 0.2) is 0 Å². The minimum absolute atomic E-state index is 0.0520. The molecule has 0 aliphatic rings. The Morgan fingerprint density at radius 1 is 0.800 bits per heavy atom. The van der Waals surface area contributed by atoms with Crippen LogP contribution in [0.4, 0.5) is 0 Å². The van der Waals surface area contributed by atoms with E-state index in [0.717, 1.165) is 0 Å². The molecule has 0 amide bonds. The molecule has 0 saturated heterocycles. The monoisotopic (exact) mass is 216 g/mol. The summed E-state index contributed by atoms with van der Waals surface area (Å²) in [6.45, 7) is 0. The van der Waals surface area contributed by atoms with Crippen LogP contribution in [0.5, 0.6) is 0 Å². The van der Waals surface area contributed by atoms with Crippen LogP contribution < -0.4 is 0 Å². The largest absolute Gasteiger partial charge is 0.226 e. The van der Waals surface area contributed by atoms with Crippen molar-refractivity contribution >= 4 is 10.9 Å². The molecule has 1 heteroatoms. The molecular formula is C14H16S. The van der Waals surface area contributed by atoms with E-state index in [9.17, 15) is 0 Å². The van der Waals surface area contributed by atoms with E-state index in [1.165, 1.54) is 16.2 Å². The van der Waals surface area contributed by atoms with Crippen molar-refractivity contribution in [2.24, 2.45) is 0 Å². The van der Waals surface area contributed by atoms with Crippen LogP contribution in [0, 0.1) is 0 Å². The van der Waals surface area contributed by atoms with Crippen LogP contribution in [0.2, 0.25) is 0 Å². The van der Waals surface area contributed by atoms with Gasteiger partial charge in [0.25, 0.3) is 0 Å². The van der Waals surface area contributed by atoms with Crippen LogP contribution >= 0.6 is 10.9 Å². The number of rotatable bonds is 3. The second-order valence-electron chi connectivity index (χ2n) is 3.68. The van der Waals surface area contributed by atoms with Crippen molar-refractivity contribution in [1.82, 2.24) is 0 Å². The first-order valence-electron chi connectivity index (χ1n) is 5.16. The Balaban J connectivity index is 2.08. The maximum absolute atomic E-state index is 2.34. The molecule has 0 aromatic heterocycles. The van der Waals surface area contributed by atoms with Gasteiger partial charge in [-0.15, -0.1) is 0 Å². The molecule has 0 nitrogen and oxygen atoms in total. The molecule has 0 aliphatic heterocycles. The van der Waals surface area contributed by atoms with E-state index in [-0.39, 0.29) is 10.9 Å². The van der Waals surface area contributed by atoms with Crippen molar-refractivity contribution in [3.8, 4) is 0 Å². The molecule has 1 atom stereocenters. The third-order valence-electron chi connectivity index (χ3n) is 2.46. The predicted molar refractivity (Wildman–Crippen MR) is 69.8 cm³/mol. The van der Waals surface area contributed by atoms with E-state index in [1.807, 2.05) is 0 Å². The predicted octanol–water partition coefficient (Wildman–Crippen LogP) is 3.88. The average Bonchev–Trinajstić information content (AvgIpc) is 2.31. The van der Waals surface area contributed by atoms with Gasteiger partial charge in [0.1, 0.15) is 0 Å². The van der Waals surface area contributed by atoms with E-state index in [0.29, 0.717) is 0 Å². The summed E-state index contributed by atoms with van der Waals surface area (Å²) >= 11 is 0. The first kappa shape index (κ1) is 10.3. The topological polar surface area (TPSA) is 0 Å². The van der Waals surface area contributed by atoms with E-state index in [4.69, 9.17) is 0 Å². The minimum atomic E-state index is -0.0520. The van der Waals surface area contributed by atoms with Crippen molar-refractivity contribution in [2.75, 3.05) is 6.26 Å². The second-order valence-corrected chi connectivity index (χ2v) is 5.91. The summed E-state index contributed by atoms with van der Waals surface area (Å²) in [5.41, 5.74) is 1.44. The highest BCUT2D eigenvalue weighted by Crippen LogP contribution is 2.35. The molecule has 0 saturated carbocycles. The van der Waals surface area contributed by atoms with Gasteiger partial charge >= 0.3 is 0 Å². The van der Waals surface area contributed by atoms with Gasteiger partial charge in [0.05, 0.1) is 0 Å². The normalized spacial score (nSPS) is 13.5. The van der Waals surface area contributed by atoms with E-state index >= 15 is 0 Å². The van der Waals surface area contributed by atoms with Gasteiger partial charge in [-0.2, -0.15) is 0 Å². The van der Waals surface area contributed by atoms with Gasteiger partial charge in [-0.1, -0.05) is 60.7 Å². The van der Waals surface area contributed by atoms with Crippen molar-refractivity contribution in [3.63, 3.8) is 0 Å². The highest BCUT2D eigenvalue weighted by molar-refractivity contribution is 8.15. The molecule has 2 aromatic carbocycles. The van der Waals surface area contributed by atoms with Crippen molar-refractivity contribution in [3.05, 3.63) is 66.2 Å². The van der Waals surface area contributed by atoms with Crippen molar-refractivity contribution < 1.29 is 0 Å². The summed E-state index contributed by atoms with van der Waals surface area (Å²) in [7, 11) is -0.0520. The van der Waals surface area contributed by atoms with E-state index < -0.39 is 0 Å². The average molecular weight is 216 g/mol. The van der Waals surface area contributed by atoms with Gasteiger partial charge in [-0.25, -0.2) is 10.9 Å². The Morgan fingerprint density at radius 2 is 1.33 bits per heavy atom. The zero-order chi connectivity index (χ0) is 10.5. The molecular weight excluding hydrogens is 200 g/mol. The molecule has 0 heterocycles. The molecule has 0 aliphatic carbocycles. The molecule has 2 aromatic rings. The van der Waals surface area contributed by atoms with Crippen LogP contribution in [0.25, 0.3) is 0 Å². The molecule has 0 radical (unpaired) electrons. The number of hydrogen-bond acceptors (Lipinski definition) is 0. The third-order valence-corrected chi connectivity index (χ3v) is 4.48. The highest BCUT2D eigenvalue weighted by atomic mass is 32.2. The number of hydrogen-bond donors (Lipinski definition) is 1. The Bertz CT molecular complexity index is 394. The maximum Gasteiger partial charge on any atom is 0.00358 e. The molecule has 15 heavy (non-hydrogen) atoms. The van der Waals surface area contributed by atoms with Crippen molar-refractivity contribution in [1.29, 1.82) is 0 Å². The Kier molecular flexibility index (Phi) is 3.46. The van der Waals surface area contributed by atoms with Gasteiger partial charge in [-0.05, 0) is 16.7 Å².